The van der Waals surface area contributed by atoms with Gasteiger partial charge in [-0.2, -0.15) is 13.2 Å². The molecule has 1 unspecified atom stereocenters. The van der Waals surface area contributed by atoms with Crippen LogP contribution in [-0.2, 0) is 0 Å². The Hall–Kier alpha value is -0.820. The third-order valence-corrected chi connectivity index (χ3v) is 3.53. The minimum absolute atomic E-state index is 0.00152. The van der Waals surface area contributed by atoms with Crippen molar-refractivity contribution in [1.29, 1.82) is 0 Å². The highest BCUT2D eigenvalue weighted by Gasteiger charge is 2.30. The van der Waals surface area contributed by atoms with Crippen molar-refractivity contribution in [2.24, 2.45) is 0 Å². The van der Waals surface area contributed by atoms with Gasteiger partial charge in [-0.1, -0.05) is 29.8 Å². The quantitative estimate of drug-likeness (QED) is 0.772. The van der Waals surface area contributed by atoms with Crippen LogP contribution < -0.4 is 5.32 Å². The Morgan fingerprint density at radius 1 is 1.29 bits per heavy atom. The summed E-state index contributed by atoms with van der Waals surface area (Å²) in [7, 11) is 1.74. The maximum absolute atomic E-state index is 12.5. The predicted molar refractivity (Wildman–Crippen MR) is 77.5 cm³/mol. The second kappa shape index (κ2) is 8.58. The molecule has 0 aliphatic rings. The normalized spacial score (nSPS) is 13.7. The van der Waals surface area contributed by atoms with E-state index in [4.69, 9.17) is 16.7 Å². The zero-order chi connectivity index (χ0) is 15.9. The molecule has 1 atom stereocenters. The van der Waals surface area contributed by atoms with Gasteiger partial charge in [-0.3, -0.25) is 4.90 Å². The van der Waals surface area contributed by atoms with Gasteiger partial charge in [0.2, 0.25) is 0 Å². The first-order valence-corrected chi connectivity index (χ1v) is 7.07. The Balaban J connectivity index is 2.66. The second-order valence-electron chi connectivity index (χ2n) is 4.77. The van der Waals surface area contributed by atoms with Gasteiger partial charge in [-0.15, -0.1) is 0 Å². The fraction of sp³-hybridized carbons (Fsp3) is 0.571. The summed E-state index contributed by atoms with van der Waals surface area (Å²) in [4.78, 5) is 1.20. The molecule has 7 heteroatoms. The maximum atomic E-state index is 12.5. The zero-order valence-corrected chi connectivity index (χ0v) is 12.6. The standard InChI is InChI=1S/C14H20ClF3N2O/c1-19-13(11-4-2-3-5-12(11)15)6-7-20(8-9-21)10-14(16,17)18/h2-5,13,19,21H,6-10H2,1H3. The first kappa shape index (κ1) is 18.2. The number of aliphatic hydroxyl groups excluding tert-OH is 1. The smallest absolute Gasteiger partial charge is 0.395 e. The van der Waals surface area contributed by atoms with Gasteiger partial charge in [-0.05, 0) is 25.1 Å². The topological polar surface area (TPSA) is 35.5 Å². The monoisotopic (exact) mass is 324 g/mol. The van der Waals surface area contributed by atoms with E-state index in [1.807, 2.05) is 12.1 Å². The number of halogens is 4. The van der Waals surface area contributed by atoms with Crippen molar-refractivity contribution >= 4 is 11.6 Å². The number of nitrogens with one attached hydrogen (secondary N) is 1. The van der Waals surface area contributed by atoms with Crippen molar-refractivity contribution in [3.05, 3.63) is 34.9 Å². The summed E-state index contributed by atoms with van der Waals surface area (Å²) in [6.45, 7) is -1.10. The number of hydrogen-bond donors (Lipinski definition) is 2. The Kier molecular flexibility index (Phi) is 7.45. The average Bonchev–Trinajstić information content (AvgIpc) is 2.39. The van der Waals surface area contributed by atoms with E-state index in [1.54, 1.807) is 19.2 Å². The summed E-state index contributed by atoms with van der Waals surface area (Å²) < 4.78 is 37.4. The van der Waals surface area contributed by atoms with Crippen molar-refractivity contribution in [3.63, 3.8) is 0 Å². The Morgan fingerprint density at radius 3 is 2.48 bits per heavy atom. The molecular weight excluding hydrogens is 305 g/mol. The molecule has 1 aromatic rings. The highest BCUT2D eigenvalue weighted by molar-refractivity contribution is 6.31. The second-order valence-corrected chi connectivity index (χ2v) is 5.17. The molecule has 0 aromatic heterocycles. The van der Waals surface area contributed by atoms with Crippen LogP contribution in [0.4, 0.5) is 13.2 Å². The van der Waals surface area contributed by atoms with Gasteiger partial charge in [0.15, 0.2) is 0 Å². The maximum Gasteiger partial charge on any atom is 0.401 e. The first-order valence-electron chi connectivity index (χ1n) is 6.69. The minimum atomic E-state index is -4.27. The zero-order valence-electron chi connectivity index (χ0n) is 11.8. The van der Waals surface area contributed by atoms with E-state index in [1.165, 1.54) is 4.90 Å². The molecular formula is C14H20ClF3N2O. The largest absolute Gasteiger partial charge is 0.401 e. The van der Waals surface area contributed by atoms with E-state index < -0.39 is 12.7 Å². The molecule has 0 amide bonds. The van der Waals surface area contributed by atoms with E-state index in [2.05, 4.69) is 5.32 Å². The lowest BCUT2D eigenvalue weighted by molar-refractivity contribution is -0.147. The molecule has 0 heterocycles. The Morgan fingerprint density at radius 2 is 1.95 bits per heavy atom. The summed E-state index contributed by atoms with van der Waals surface area (Å²) in [5.41, 5.74) is 0.859. The van der Waals surface area contributed by atoms with Gasteiger partial charge in [0.05, 0.1) is 13.2 Å². The third-order valence-electron chi connectivity index (χ3n) is 3.18. The van der Waals surface area contributed by atoms with Gasteiger partial charge in [0, 0.05) is 24.2 Å². The molecule has 0 aliphatic heterocycles. The number of rotatable bonds is 8. The molecule has 0 fully saturated rings. The summed E-state index contributed by atoms with van der Waals surface area (Å²) in [6, 6.07) is 7.12. The van der Waals surface area contributed by atoms with Crippen LogP contribution in [0.2, 0.25) is 5.02 Å². The average molecular weight is 325 g/mol. The highest BCUT2D eigenvalue weighted by Crippen LogP contribution is 2.25. The van der Waals surface area contributed by atoms with Gasteiger partial charge in [-0.25, -0.2) is 0 Å². The number of hydrogen-bond acceptors (Lipinski definition) is 3. The van der Waals surface area contributed by atoms with Gasteiger partial charge >= 0.3 is 6.18 Å². The van der Waals surface area contributed by atoms with Crippen LogP contribution in [-0.4, -0.2) is 49.5 Å². The van der Waals surface area contributed by atoms with Crippen LogP contribution in [0, 0.1) is 0 Å². The van der Waals surface area contributed by atoms with Crippen molar-refractivity contribution in [1.82, 2.24) is 10.2 Å². The lowest BCUT2D eigenvalue weighted by atomic mass is 10.0. The van der Waals surface area contributed by atoms with Crippen molar-refractivity contribution in [3.8, 4) is 0 Å². The van der Waals surface area contributed by atoms with Crippen LogP contribution >= 0.6 is 11.6 Å². The lowest BCUT2D eigenvalue weighted by Gasteiger charge is -2.25. The van der Waals surface area contributed by atoms with E-state index in [-0.39, 0.29) is 25.7 Å². The summed E-state index contributed by atoms with van der Waals surface area (Å²) >= 11 is 6.11. The molecule has 3 nitrogen and oxygen atoms in total. The van der Waals surface area contributed by atoms with Crippen LogP contribution in [0.5, 0.6) is 0 Å². The lowest BCUT2D eigenvalue weighted by Crippen LogP contribution is -2.38. The fourth-order valence-corrected chi connectivity index (χ4v) is 2.46. The van der Waals surface area contributed by atoms with Crippen LogP contribution in [0.1, 0.15) is 18.0 Å². The van der Waals surface area contributed by atoms with Crippen molar-refractivity contribution < 1.29 is 18.3 Å². The van der Waals surface area contributed by atoms with Crippen LogP contribution in [0.3, 0.4) is 0 Å². The Labute approximate surface area is 127 Å². The van der Waals surface area contributed by atoms with E-state index >= 15 is 0 Å². The molecule has 0 bridgehead atoms. The van der Waals surface area contributed by atoms with Gasteiger partial charge < -0.3 is 10.4 Å². The predicted octanol–water partition coefficient (Wildman–Crippen LogP) is 2.85. The number of alkyl halides is 3. The molecule has 0 aliphatic carbocycles. The van der Waals surface area contributed by atoms with E-state index in [9.17, 15) is 13.2 Å². The Bertz CT molecular complexity index is 429. The number of benzene rings is 1. The fourth-order valence-electron chi connectivity index (χ4n) is 2.19. The van der Waals surface area contributed by atoms with Gasteiger partial charge in [0.25, 0.3) is 0 Å². The van der Waals surface area contributed by atoms with E-state index in [0.29, 0.717) is 11.4 Å². The van der Waals surface area contributed by atoms with E-state index in [0.717, 1.165) is 5.56 Å². The summed E-state index contributed by atoms with van der Waals surface area (Å²) in [6.07, 6.45) is -3.80. The molecule has 2 N–H and O–H groups in total. The molecule has 0 saturated carbocycles. The van der Waals surface area contributed by atoms with Crippen molar-refractivity contribution in [2.75, 3.05) is 33.3 Å². The van der Waals surface area contributed by atoms with Crippen LogP contribution in [0.15, 0.2) is 24.3 Å². The third kappa shape index (κ3) is 6.65. The molecule has 1 rings (SSSR count). The van der Waals surface area contributed by atoms with Gasteiger partial charge in [0.1, 0.15) is 0 Å². The van der Waals surface area contributed by atoms with Crippen LogP contribution in [0.25, 0.3) is 0 Å². The highest BCUT2D eigenvalue weighted by atomic mass is 35.5. The molecule has 0 saturated heterocycles. The number of aliphatic hydroxyl groups is 1. The molecule has 0 radical (unpaired) electrons. The van der Waals surface area contributed by atoms with Crippen molar-refractivity contribution in [2.45, 2.75) is 18.6 Å². The number of nitrogens with zero attached hydrogens (tertiary/aromatic N) is 1. The molecule has 0 spiro atoms. The minimum Gasteiger partial charge on any atom is -0.395 e. The first-order chi connectivity index (χ1) is 9.87. The summed E-state index contributed by atoms with van der Waals surface area (Å²) in [5, 5.41) is 12.5. The molecule has 120 valence electrons. The summed E-state index contributed by atoms with van der Waals surface area (Å²) in [5.74, 6) is 0. The molecule has 21 heavy (non-hydrogen) atoms. The SMILES string of the molecule is CNC(CCN(CCO)CC(F)(F)F)c1ccccc1Cl. The molecule has 1 aromatic carbocycles.